The summed E-state index contributed by atoms with van der Waals surface area (Å²) in [6.07, 6.45) is 3.66. The number of esters is 1. The first-order valence-electron chi connectivity index (χ1n) is 6.02. The van der Waals surface area contributed by atoms with Crippen molar-refractivity contribution in [2.24, 2.45) is 0 Å². The Morgan fingerprint density at radius 2 is 2.41 bits per heavy atom. The van der Waals surface area contributed by atoms with E-state index in [2.05, 4.69) is 14.7 Å². The van der Waals surface area contributed by atoms with Gasteiger partial charge >= 0.3 is 5.97 Å². The smallest absolute Gasteiger partial charge is 0.305 e. The number of rotatable bonds is 7. The molecule has 2 rings (SSSR count). The van der Waals surface area contributed by atoms with Gasteiger partial charge in [-0.05, 0) is 26.2 Å². The zero-order valence-electron chi connectivity index (χ0n) is 9.94. The first kappa shape index (κ1) is 12.3. The Morgan fingerprint density at radius 3 is 3.12 bits per heavy atom. The highest BCUT2D eigenvalue weighted by Crippen LogP contribution is 2.39. The quantitative estimate of drug-likeness (QED) is 0.597. The van der Waals surface area contributed by atoms with Crippen LogP contribution in [0.4, 0.5) is 5.13 Å². The van der Waals surface area contributed by atoms with Crippen molar-refractivity contribution in [3.63, 3.8) is 0 Å². The molecular formula is C11H17N3O2S. The zero-order valence-corrected chi connectivity index (χ0v) is 10.8. The summed E-state index contributed by atoms with van der Waals surface area (Å²) < 4.78 is 9.14. The lowest BCUT2D eigenvalue weighted by molar-refractivity contribution is -0.143. The molecule has 0 aliphatic heterocycles. The molecule has 6 heteroatoms. The average Bonchev–Trinajstić information content (AvgIpc) is 3.06. The third kappa shape index (κ3) is 3.96. The van der Waals surface area contributed by atoms with E-state index < -0.39 is 0 Å². The molecule has 0 bridgehead atoms. The van der Waals surface area contributed by atoms with Gasteiger partial charge in [-0.15, -0.1) is 0 Å². The van der Waals surface area contributed by atoms with Crippen LogP contribution in [0, 0.1) is 0 Å². The lowest BCUT2D eigenvalue weighted by Gasteiger charge is -2.02. The van der Waals surface area contributed by atoms with Gasteiger partial charge in [0.25, 0.3) is 0 Å². The molecule has 1 aromatic heterocycles. The number of carbonyl (C=O) groups is 1. The first-order chi connectivity index (χ1) is 8.29. The molecule has 0 amide bonds. The molecule has 17 heavy (non-hydrogen) atoms. The summed E-state index contributed by atoms with van der Waals surface area (Å²) in [5, 5.41) is 4.04. The van der Waals surface area contributed by atoms with Crippen LogP contribution >= 0.6 is 11.5 Å². The summed E-state index contributed by atoms with van der Waals surface area (Å²) in [6, 6.07) is 0. The van der Waals surface area contributed by atoms with Crippen LogP contribution in [0.2, 0.25) is 0 Å². The molecule has 0 atom stereocenters. The van der Waals surface area contributed by atoms with E-state index in [9.17, 15) is 4.79 Å². The summed E-state index contributed by atoms with van der Waals surface area (Å²) in [6.45, 7) is 3.00. The molecule has 0 radical (unpaired) electrons. The fourth-order valence-corrected chi connectivity index (χ4v) is 2.15. The average molecular weight is 255 g/mol. The Hall–Kier alpha value is -1.17. The van der Waals surface area contributed by atoms with Crippen molar-refractivity contribution in [3.8, 4) is 0 Å². The molecule has 0 aromatic carbocycles. The molecule has 0 unspecified atom stereocenters. The minimum absolute atomic E-state index is 0.134. The maximum absolute atomic E-state index is 11.1. The number of ether oxygens (including phenoxy) is 1. The third-order valence-corrected chi connectivity index (χ3v) is 3.21. The number of carbonyl (C=O) groups excluding carboxylic acids is 1. The van der Waals surface area contributed by atoms with Crippen molar-refractivity contribution in [2.45, 2.75) is 38.5 Å². The van der Waals surface area contributed by atoms with E-state index in [1.54, 1.807) is 0 Å². The Labute approximate surface area is 105 Å². The van der Waals surface area contributed by atoms with Gasteiger partial charge in [0.05, 0.1) is 6.61 Å². The van der Waals surface area contributed by atoms with Gasteiger partial charge in [-0.25, -0.2) is 4.98 Å². The molecule has 1 saturated carbocycles. The zero-order chi connectivity index (χ0) is 12.1. The van der Waals surface area contributed by atoms with E-state index in [-0.39, 0.29) is 5.97 Å². The van der Waals surface area contributed by atoms with Crippen LogP contribution in [0.1, 0.15) is 44.3 Å². The summed E-state index contributed by atoms with van der Waals surface area (Å²) in [5.74, 6) is 1.44. The molecule has 1 aliphatic carbocycles. The second-order valence-corrected chi connectivity index (χ2v) is 4.82. The highest BCUT2D eigenvalue weighted by atomic mass is 32.1. The van der Waals surface area contributed by atoms with E-state index in [0.717, 1.165) is 23.9 Å². The van der Waals surface area contributed by atoms with Crippen molar-refractivity contribution < 1.29 is 9.53 Å². The highest BCUT2D eigenvalue weighted by Gasteiger charge is 2.27. The van der Waals surface area contributed by atoms with Crippen LogP contribution in [0.25, 0.3) is 0 Å². The summed E-state index contributed by atoms with van der Waals surface area (Å²) in [5.41, 5.74) is 0. The van der Waals surface area contributed by atoms with Gasteiger partial charge in [-0.1, -0.05) is 0 Å². The number of aromatic nitrogens is 2. The summed E-state index contributed by atoms with van der Waals surface area (Å²) >= 11 is 1.40. The van der Waals surface area contributed by atoms with Gasteiger partial charge in [0, 0.05) is 30.4 Å². The van der Waals surface area contributed by atoms with Crippen molar-refractivity contribution in [3.05, 3.63) is 5.82 Å². The maximum Gasteiger partial charge on any atom is 0.305 e. The maximum atomic E-state index is 11.1. The standard InChI is InChI=1S/C11H17N3O2S/c1-2-16-9(15)4-3-7-12-11-13-10(14-17-11)8-5-6-8/h8H,2-7H2,1H3,(H,12,13,14). The molecule has 1 aromatic rings. The van der Waals surface area contributed by atoms with E-state index >= 15 is 0 Å². The first-order valence-corrected chi connectivity index (χ1v) is 6.80. The van der Waals surface area contributed by atoms with E-state index in [1.165, 1.54) is 24.4 Å². The van der Waals surface area contributed by atoms with E-state index in [4.69, 9.17) is 4.74 Å². The molecule has 5 nitrogen and oxygen atoms in total. The van der Waals surface area contributed by atoms with E-state index in [1.807, 2.05) is 6.92 Å². The normalized spacial score (nSPS) is 14.6. The second-order valence-electron chi connectivity index (χ2n) is 4.07. The minimum atomic E-state index is -0.134. The molecule has 1 heterocycles. The van der Waals surface area contributed by atoms with Crippen LogP contribution in [0.15, 0.2) is 0 Å². The van der Waals surface area contributed by atoms with Gasteiger partial charge in [0.1, 0.15) is 5.82 Å². The second kappa shape index (κ2) is 5.95. The number of nitrogens with zero attached hydrogens (tertiary/aromatic N) is 2. The fourth-order valence-electron chi connectivity index (χ4n) is 1.48. The molecule has 94 valence electrons. The van der Waals surface area contributed by atoms with Crippen molar-refractivity contribution in [1.29, 1.82) is 0 Å². The number of anilines is 1. The van der Waals surface area contributed by atoms with Gasteiger partial charge in [0.15, 0.2) is 0 Å². The minimum Gasteiger partial charge on any atom is -0.466 e. The predicted octanol–water partition coefficient (Wildman–Crippen LogP) is 2.17. The predicted molar refractivity (Wildman–Crippen MR) is 66.2 cm³/mol. The van der Waals surface area contributed by atoms with Crippen molar-refractivity contribution >= 4 is 22.6 Å². The molecular weight excluding hydrogens is 238 g/mol. The lowest BCUT2D eigenvalue weighted by Crippen LogP contribution is -2.08. The van der Waals surface area contributed by atoms with Gasteiger partial charge in [0.2, 0.25) is 5.13 Å². The highest BCUT2D eigenvalue weighted by molar-refractivity contribution is 7.09. The topological polar surface area (TPSA) is 64.1 Å². The monoisotopic (exact) mass is 255 g/mol. The molecule has 1 fully saturated rings. The number of hydrogen-bond donors (Lipinski definition) is 1. The molecule has 1 N–H and O–H groups in total. The molecule has 0 saturated heterocycles. The fraction of sp³-hybridized carbons (Fsp3) is 0.727. The Morgan fingerprint density at radius 1 is 1.59 bits per heavy atom. The Bertz CT molecular complexity index is 377. The van der Waals surface area contributed by atoms with Crippen LogP contribution in [0.3, 0.4) is 0 Å². The Kier molecular flexibility index (Phi) is 4.30. The van der Waals surface area contributed by atoms with Gasteiger partial charge in [-0.3, -0.25) is 4.79 Å². The van der Waals surface area contributed by atoms with Crippen LogP contribution < -0.4 is 5.32 Å². The Balaban J connectivity index is 1.62. The summed E-state index contributed by atoms with van der Waals surface area (Å²) in [4.78, 5) is 15.5. The SMILES string of the molecule is CCOC(=O)CCCNc1nc(C2CC2)ns1. The van der Waals surface area contributed by atoms with Crippen molar-refractivity contribution in [2.75, 3.05) is 18.5 Å². The number of hydrogen-bond acceptors (Lipinski definition) is 6. The third-order valence-electron chi connectivity index (χ3n) is 2.52. The van der Waals surface area contributed by atoms with Crippen LogP contribution in [-0.2, 0) is 9.53 Å². The summed E-state index contributed by atoms with van der Waals surface area (Å²) in [7, 11) is 0. The van der Waals surface area contributed by atoms with Gasteiger partial charge < -0.3 is 10.1 Å². The van der Waals surface area contributed by atoms with Crippen LogP contribution in [-0.4, -0.2) is 28.5 Å². The number of nitrogens with one attached hydrogen (secondary N) is 1. The largest absolute Gasteiger partial charge is 0.466 e. The van der Waals surface area contributed by atoms with Crippen molar-refractivity contribution in [1.82, 2.24) is 9.36 Å². The molecule has 1 aliphatic rings. The molecule has 0 spiro atoms. The van der Waals surface area contributed by atoms with Crippen LogP contribution in [0.5, 0.6) is 0 Å². The van der Waals surface area contributed by atoms with E-state index in [0.29, 0.717) is 18.9 Å². The lowest BCUT2D eigenvalue weighted by atomic mass is 10.3. The van der Waals surface area contributed by atoms with Gasteiger partial charge in [-0.2, -0.15) is 4.37 Å².